The predicted octanol–water partition coefficient (Wildman–Crippen LogP) is 1.38. The number of nitrogens with zero attached hydrogens (tertiary/aromatic N) is 2. The summed E-state index contributed by atoms with van der Waals surface area (Å²) in [5.74, 6) is 1.31. The minimum absolute atomic E-state index is 0.0981. The molecule has 2 aliphatic heterocycles. The van der Waals surface area contributed by atoms with E-state index in [-0.39, 0.29) is 30.0 Å². The summed E-state index contributed by atoms with van der Waals surface area (Å²) in [6, 6.07) is 3.57. The van der Waals surface area contributed by atoms with E-state index in [1.807, 2.05) is 19.9 Å². The lowest BCUT2D eigenvalue weighted by atomic mass is 10.2. The first kappa shape index (κ1) is 23.6. The number of hydrogen-bond donors (Lipinski definition) is 1. The highest BCUT2D eigenvalue weighted by molar-refractivity contribution is 7.91. The summed E-state index contributed by atoms with van der Waals surface area (Å²) in [5.41, 5.74) is 1.46. The summed E-state index contributed by atoms with van der Waals surface area (Å²) in [6.07, 6.45) is 0.555. The van der Waals surface area contributed by atoms with Gasteiger partial charge in [0.25, 0.3) is 0 Å². The van der Waals surface area contributed by atoms with Crippen LogP contribution in [0.3, 0.4) is 0 Å². The highest BCUT2D eigenvalue weighted by atomic mass is 32.2. The van der Waals surface area contributed by atoms with Gasteiger partial charge in [0.2, 0.25) is 5.91 Å². The molecule has 1 aromatic carbocycles. The van der Waals surface area contributed by atoms with Crippen LogP contribution in [0.15, 0.2) is 12.1 Å². The van der Waals surface area contributed by atoms with Crippen LogP contribution in [0.5, 0.6) is 11.5 Å². The molecule has 2 saturated heterocycles. The molecule has 0 aromatic heterocycles. The molecule has 0 radical (unpaired) electrons. The van der Waals surface area contributed by atoms with Crippen LogP contribution in [0.2, 0.25) is 0 Å². The minimum Gasteiger partial charge on any atom is -0.492 e. The predicted molar refractivity (Wildman–Crippen MR) is 120 cm³/mol. The second-order valence-electron chi connectivity index (χ2n) is 7.80. The molecule has 31 heavy (non-hydrogen) atoms. The number of amides is 1. The van der Waals surface area contributed by atoms with Gasteiger partial charge in [-0.25, -0.2) is 8.42 Å². The van der Waals surface area contributed by atoms with Crippen molar-refractivity contribution in [3.63, 3.8) is 0 Å². The molecule has 0 saturated carbocycles. The summed E-state index contributed by atoms with van der Waals surface area (Å²) in [7, 11) is -1.22. The maximum absolute atomic E-state index is 12.7. The Balaban J connectivity index is 1.76. The van der Waals surface area contributed by atoms with Crippen LogP contribution in [0.4, 0.5) is 11.4 Å². The number of likely N-dealkylation sites (N-methyl/N-ethyl adjacent to an activating group) is 1. The first-order valence-corrected chi connectivity index (χ1v) is 12.6. The SMILES string of the molecule is CCOc1cc(N2CCOCC2)c(OCC)cc1NC(=O)CN(C)[C@H]1CCS(=O)(=O)C1. The quantitative estimate of drug-likeness (QED) is 0.597. The lowest BCUT2D eigenvalue weighted by molar-refractivity contribution is -0.117. The average Bonchev–Trinajstić information content (AvgIpc) is 3.10. The van der Waals surface area contributed by atoms with Crippen LogP contribution in [-0.4, -0.2) is 89.9 Å². The second kappa shape index (κ2) is 10.5. The number of anilines is 2. The molecule has 1 aromatic rings. The Bertz CT molecular complexity index is 870. The van der Waals surface area contributed by atoms with Crippen LogP contribution in [0.1, 0.15) is 20.3 Å². The molecular formula is C21H33N3O6S. The van der Waals surface area contributed by atoms with Crippen LogP contribution in [0, 0.1) is 0 Å². The van der Waals surface area contributed by atoms with Crippen molar-refractivity contribution in [3.8, 4) is 11.5 Å². The zero-order valence-electron chi connectivity index (χ0n) is 18.6. The second-order valence-corrected chi connectivity index (χ2v) is 10.0. The fourth-order valence-corrected chi connectivity index (χ4v) is 5.72. The molecule has 1 atom stereocenters. The number of carbonyl (C=O) groups excluding carboxylic acids is 1. The van der Waals surface area contributed by atoms with Gasteiger partial charge in [0, 0.05) is 31.3 Å². The smallest absolute Gasteiger partial charge is 0.238 e. The van der Waals surface area contributed by atoms with Gasteiger partial charge in [-0.1, -0.05) is 0 Å². The van der Waals surface area contributed by atoms with E-state index >= 15 is 0 Å². The Morgan fingerprint density at radius 3 is 2.48 bits per heavy atom. The number of ether oxygens (including phenoxy) is 3. The van der Waals surface area contributed by atoms with E-state index in [1.165, 1.54) is 0 Å². The lowest BCUT2D eigenvalue weighted by Gasteiger charge is -2.31. The van der Waals surface area contributed by atoms with Gasteiger partial charge < -0.3 is 24.4 Å². The maximum atomic E-state index is 12.7. The van der Waals surface area contributed by atoms with Gasteiger partial charge in [-0.15, -0.1) is 0 Å². The van der Waals surface area contributed by atoms with Gasteiger partial charge in [-0.2, -0.15) is 0 Å². The van der Waals surface area contributed by atoms with E-state index in [1.54, 1.807) is 18.0 Å². The molecule has 2 heterocycles. The van der Waals surface area contributed by atoms with E-state index in [4.69, 9.17) is 14.2 Å². The van der Waals surface area contributed by atoms with E-state index in [2.05, 4.69) is 10.2 Å². The largest absolute Gasteiger partial charge is 0.492 e. The zero-order valence-corrected chi connectivity index (χ0v) is 19.4. The summed E-state index contributed by atoms with van der Waals surface area (Å²) in [4.78, 5) is 16.7. The standard InChI is InChI=1S/C21H33N3O6S/c1-4-29-19-13-18(24-7-9-28-10-8-24)20(30-5-2)12-17(19)22-21(25)14-23(3)16-6-11-31(26,27)15-16/h12-13,16H,4-11,14-15H2,1-3H3,(H,22,25)/t16-/m0/s1. The lowest BCUT2D eigenvalue weighted by Crippen LogP contribution is -2.38. The fraction of sp³-hybridized carbons (Fsp3) is 0.667. The van der Waals surface area contributed by atoms with E-state index in [0.717, 1.165) is 18.8 Å². The van der Waals surface area contributed by atoms with E-state index < -0.39 is 9.84 Å². The molecule has 1 N–H and O–H groups in total. The number of benzene rings is 1. The van der Waals surface area contributed by atoms with Crippen LogP contribution >= 0.6 is 0 Å². The van der Waals surface area contributed by atoms with Crippen molar-refractivity contribution in [1.29, 1.82) is 0 Å². The number of carbonyl (C=O) groups is 1. The Kier molecular flexibility index (Phi) is 8.01. The number of sulfone groups is 1. The van der Waals surface area contributed by atoms with Crippen molar-refractivity contribution in [3.05, 3.63) is 12.1 Å². The molecule has 0 bridgehead atoms. The van der Waals surface area contributed by atoms with Crippen molar-refractivity contribution in [2.45, 2.75) is 26.3 Å². The summed E-state index contributed by atoms with van der Waals surface area (Å²) < 4.78 is 40.6. The number of hydrogen-bond acceptors (Lipinski definition) is 8. The molecular weight excluding hydrogens is 422 g/mol. The minimum atomic E-state index is -3.00. The van der Waals surface area contributed by atoms with Crippen LogP contribution < -0.4 is 19.7 Å². The maximum Gasteiger partial charge on any atom is 0.238 e. The average molecular weight is 456 g/mol. The third-order valence-corrected chi connectivity index (χ3v) is 7.26. The highest BCUT2D eigenvalue weighted by Crippen LogP contribution is 2.39. The molecule has 10 heteroatoms. The first-order valence-electron chi connectivity index (χ1n) is 10.8. The topological polar surface area (TPSA) is 97.4 Å². The van der Waals surface area contributed by atoms with Crippen molar-refractivity contribution in [2.24, 2.45) is 0 Å². The molecule has 2 fully saturated rings. The third-order valence-electron chi connectivity index (χ3n) is 5.51. The van der Waals surface area contributed by atoms with Crippen molar-refractivity contribution < 1.29 is 27.4 Å². The summed E-state index contributed by atoms with van der Waals surface area (Å²) in [5, 5.41) is 2.92. The zero-order chi connectivity index (χ0) is 22.4. The van der Waals surface area contributed by atoms with E-state index in [9.17, 15) is 13.2 Å². The van der Waals surface area contributed by atoms with Crippen LogP contribution in [-0.2, 0) is 19.4 Å². The van der Waals surface area contributed by atoms with Gasteiger partial charge in [-0.05, 0) is 27.3 Å². The first-order chi connectivity index (χ1) is 14.8. The van der Waals surface area contributed by atoms with Gasteiger partial charge in [0.05, 0.1) is 55.9 Å². The van der Waals surface area contributed by atoms with E-state index in [0.29, 0.717) is 50.0 Å². The molecule has 0 aliphatic carbocycles. The van der Waals surface area contributed by atoms with Crippen LogP contribution in [0.25, 0.3) is 0 Å². The Morgan fingerprint density at radius 2 is 1.87 bits per heavy atom. The number of rotatable bonds is 9. The Morgan fingerprint density at radius 1 is 1.19 bits per heavy atom. The molecule has 0 spiro atoms. The normalized spacial score (nSPS) is 20.6. The molecule has 2 aliphatic rings. The van der Waals surface area contributed by atoms with Gasteiger partial charge >= 0.3 is 0 Å². The van der Waals surface area contributed by atoms with Gasteiger partial charge in [0.15, 0.2) is 9.84 Å². The van der Waals surface area contributed by atoms with Crippen molar-refractivity contribution in [2.75, 3.05) is 74.8 Å². The summed E-state index contributed by atoms with van der Waals surface area (Å²) >= 11 is 0. The fourth-order valence-electron chi connectivity index (χ4n) is 3.91. The summed E-state index contributed by atoms with van der Waals surface area (Å²) in [6.45, 7) is 7.68. The molecule has 9 nitrogen and oxygen atoms in total. The molecule has 174 valence electrons. The monoisotopic (exact) mass is 455 g/mol. The molecule has 3 rings (SSSR count). The number of nitrogens with one attached hydrogen (secondary N) is 1. The van der Waals surface area contributed by atoms with Gasteiger partial charge in [0.1, 0.15) is 11.5 Å². The number of morpholine rings is 1. The van der Waals surface area contributed by atoms with Gasteiger partial charge in [-0.3, -0.25) is 9.69 Å². The molecule has 1 amide bonds. The molecule has 0 unspecified atom stereocenters. The third kappa shape index (κ3) is 6.24. The Labute approximate surface area is 184 Å². The van der Waals surface area contributed by atoms with Crippen molar-refractivity contribution in [1.82, 2.24) is 4.90 Å². The van der Waals surface area contributed by atoms with Crippen molar-refractivity contribution >= 4 is 27.1 Å². The highest BCUT2D eigenvalue weighted by Gasteiger charge is 2.31. The Hall–Kier alpha value is -2.04.